The van der Waals surface area contributed by atoms with E-state index in [1.54, 1.807) is 23.6 Å². The molecule has 0 radical (unpaired) electrons. The molecule has 7 heteroatoms. The van der Waals surface area contributed by atoms with Gasteiger partial charge in [-0.05, 0) is 12.1 Å². The number of aromatic nitrogens is 2. The molecule has 0 amide bonds. The van der Waals surface area contributed by atoms with E-state index in [2.05, 4.69) is 15.1 Å². The minimum atomic E-state index is 0.00343. The highest BCUT2D eigenvalue weighted by molar-refractivity contribution is 7.07. The van der Waals surface area contributed by atoms with Crippen molar-refractivity contribution in [3.8, 4) is 0 Å². The highest BCUT2D eigenvalue weighted by Gasteiger charge is 2.06. The first-order chi connectivity index (χ1) is 8.70. The topological polar surface area (TPSA) is 87.6 Å². The molecule has 0 aliphatic rings. The zero-order valence-electron chi connectivity index (χ0n) is 9.82. The zero-order valence-corrected chi connectivity index (χ0v) is 10.6. The number of oxime groups is 1. The first kappa shape index (κ1) is 12.3. The first-order valence-corrected chi connectivity index (χ1v) is 6.17. The Labute approximate surface area is 108 Å². The summed E-state index contributed by atoms with van der Waals surface area (Å²) < 4.78 is 0. The molecule has 0 saturated heterocycles. The third kappa shape index (κ3) is 2.75. The summed E-state index contributed by atoms with van der Waals surface area (Å²) >= 11 is 1.57. The summed E-state index contributed by atoms with van der Waals surface area (Å²) in [7, 11) is 1.96. The minimum Gasteiger partial charge on any atom is -0.409 e. The van der Waals surface area contributed by atoms with Crippen LogP contribution in [-0.2, 0) is 6.54 Å². The molecule has 94 valence electrons. The van der Waals surface area contributed by atoms with Crippen molar-refractivity contribution in [1.29, 1.82) is 0 Å². The lowest BCUT2D eigenvalue weighted by molar-refractivity contribution is 0.318. The SMILES string of the molecule is CN(Cc1cscn1)c1ccc(/C(N)=N/O)nc1. The Hall–Kier alpha value is -2.15. The van der Waals surface area contributed by atoms with Crippen LogP contribution in [0.15, 0.2) is 34.4 Å². The molecular weight excluding hydrogens is 250 g/mol. The van der Waals surface area contributed by atoms with E-state index in [4.69, 9.17) is 10.9 Å². The van der Waals surface area contributed by atoms with Gasteiger partial charge in [-0.2, -0.15) is 0 Å². The van der Waals surface area contributed by atoms with Gasteiger partial charge in [0.1, 0.15) is 5.69 Å². The van der Waals surface area contributed by atoms with Gasteiger partial charge >= 0.3 is 0 Å². The average Bonchev–Trinajstić information content (AvgIpc) is 2.91. The van der Waals surface area contributed by atoms with Gasteiger partial charge in [0, 0.05) is 12.4 Å². The fraction of sp³-hybridized carbons (Fsp3) is 0.182. The predicted octanol–water partition coefficient (Wildman–Crippen LogP) is 1.27. The molecule has 2 aromatic heterocycles. The molecule has 18 heavy (non-hydrogen) atoms. The fourth-order valence-electron chi connectivity index (χ4n) is 1.46. The summed E-state index contributed by atoms with van der Waals surface area (Å²) in [6, 6.07) is 3.58. The monoisotopic (exact) mass is 263 g/mol. The summed E-state index contributed by atoms with van der Waals surface area (Å²) in [5.41, 5.74) is 9.66. The van der Waals surface area contributed by atoms with Crippen LogP contribution in [-0.4, -0.2) is 28.1 Å². The second-order valence-corrected chi connectivity index (χ2v) is 4.44. The molecule has 0 saturated carbocycles. The van der Waals surface area contributed by atoms with Crippen LogP contribution in [0.4, 0.5) is 5.69 Å². The number of amidine groups is 1. The van der Waals surface area contributed by atoms with Crippen LogP contribution in [0.2, 0.25) is 0 Å². The molecule has 0 unspecified atom stereocenters. The van der Waals surface area contributed by atoms with Crippen molar-refractivity contribution in [3.05, 3.63) is 40.6 Å². The van der Waals surface area contributed by atoms with E-state index < -0.39 is 0 Å². The van der Waals surface area contributed by atoms with Crippen molar-refractivity contribution in [3.63, 3.8) is 0 Å². The molecule has 3 N–H and O–H groups in total. The van der Waals surface area contributed by atoms with Crippen molar-refractivity contribution in [2.24, 2.45) is 10.9 Å². The second-order valence-electron chi connectivity index (χ2n) is 3.72. The number of hydrogen-bond acceptors (Lipinski definition) is 6. The van der Waals surface area contributed by atoms with Gasteiger partial charge in [0.2, 0.25) is 0 Å². The van der Waals surface area contributed by atoms with Gasteiger partial charge in [-0.3, -0.25) is 4.98 Å². The number of rotatable bonds is 4. The van der Waals surface area contributed by atoms with E-state index in [-0.39, 0.29) is 5.84 Å². The number of pyridine rings is 1. The Kier molecular flexibility index (Phi) is 3.73. The molecule has 6 nitrogen and oxygen atoms in total. The minimum absolute atomic E-state index is 0.00343. The Morgan fingerprint density at radius 3 is 2.89 bits per heavy atom. The third-order valence-electron chi connectivity index (χ3n) is 2.44. The molecule has 2 rings (SSSR count). The van der Waals surface area contributed by atoms with Crippen LogP contribution in [0.1, 0.15) is 11.4 Å². The van der Waals surface area contributed by atoms with E-state index >= 15 is 0 Å². The molecule has 2 heterocycles. The second kappa shape index (κ2) is 5.46. The average molecular weight is 263 g/mol. The number of nitrogens with two attached hydrogens (primary N) is 1. The van der Waals surface area contributed by atoms with Crippen molar-refractivity contribution < 1.29 is 5.21 Å². The highest BCUT2D eigenvalue weighted by Crippen LogP contribution is 2.14. The lowest BCUT2D eigenvalue weighted by atomic mass is 10.3. The molecule has 2 aromatic rings. The largest absolute Gasteiger partial charge is 0.409 e. The summed E-state index contributed by atoms with van der Waals surface area (Å²) in [4.78, 5) is 10.4. The lowest BCUT2D eigenvalue weighted by Crippen LogP contribution is -2.18. The van der Waals surface area contributed by atoms with Gasteiger partial charge in [0.25, 0.3) is 0 Å². The maximum Gasteiger partial charge on any atom is 0.188 e. The molecule has 0 aliphatic heterocycles. The zero-order chi connectivity index (χ0) is 13.0. The van der Waals surface area contributed by atoms with Crippen LogP contribution >= 0.6 is 11.3 Å². The van der Waals surface area contributed by atoms with E-state index in [1.807, 2.05) is 28.9 Å². The van der Waals surface area contributed by atoms with Gasteiger partial charge in [-0.25, -0.2) is 4.98 Å². The van der Waals surface area contributed by atoms with Crippen molar-refractivity contribution >= 4 is 22.9 Å². The first-order valence-electron chi connectivity index (χ1n) is 5.23. The Balaban J connectivity index is 2.09. The number of nitrogens with zero attached hydrogens (tertiary/aromatic N) is 4. The van der Waals surface area contributed by atoms with Gasteiger partial charge in [0.15, 0.2) is 5.84 Å². The summed E-state index contributed by atoms with van der Waals surface area (Å²) in [6.45, 7) is 0.716. The van der Waals surface area contributed by atoms with E-state index in [9.17, 15) is 0 Å². The molecular formula is C11H13N5OS. The Bertz CT molecular complexity index is 523. The van der Waals surface area contributed by atoms with Crippen LogP contribution < -0.4 is 10.6 Å². The third-order valence-corrected chi connectivity index (χ3v) is 3.08. The molecule has 0 spiro atoms. The molecule has 0 atom stereocenters. The maximum atomic E-state index is 8.54. The normalized spacial score (nSPS) is 11.5. The number of thiazole rings is 1. The predicted molar refractivity (Wildman–Crippen MR) is 71.0 cm³/mol. The fourth-order valence-corrected chi connectivity index (χ4v) is 2.01. The lowest BCUT2D eigenvalue weighted by Gasteiger charge is -2.17. The van der Waals surface area contributed by atoms with Gasteiger partial charge < -0.3 is 15.8 Å². The van der Waals surface area contributed by atoms with Gasteiger partial charge in [0.05, 0.1) is 29.6 Å². The van der Waals surface area contributed by atoms with Crippen LogP contribution in [0.3, 0.4) is 0 Å². The van der Waals surface area contributed by atoms with Gasteiger partial charge in [-0.15, -0.1) is 11.3 Å². The van der Waals surface area contributed by atoms with Gasteiger partial charge in [-0.1, -0.05) is 5.16 Å². The smallest absolute Gasteiger partial charge is 0.188 e. The summed E-state index contributed by atoms with van der Waals surface area (Å²) in [5.74, 6) is 0.00343. The molecule has 0 aromatic carbocycles. The van der Waals surface area contributed by atoms with Crippen molar-refractivity contribution in [2.75, 3.05) is 11.9 Å². The van der Waals surface area contributed by atoms with E-state index in [0.717, 1.165) is 11.4 Å². The summed E-state index contributed by atoms with van der Waals surface area (Å²) in [5, 5.41) is 13.5. The number of anilines is 1. The maximum absolute atomic E-state index is 8.54. The van der Waals surface area contributed by atoms with Crippen molar-refractivity contribution in [2.45, 2.75) is 6.54 Å². The molecule has 0 fully saturated rings. The number of hydrogen-bond donors (Lipinski definition) is 2. The molecule has 0 bridgehead atoms. The highest BCUT2D eigenvalue weighted by atomic mass is 32.1. The quantitative estimate of drug-likeness (QED) is 0.375. The van der Waals surface area contributed by atoms with Crippen LogP contribution in [0.5, 0.6) is 0 Å². The van der Waals surface area contributed by atoms with Crippen LogP contribution in [0, 0.1) is 0 Å². The Morgan fingerprint density at radius 1 is 1.50 bits per heavy atom. The van der Waals surface area contributed by atoms with E-state index in [0.29, 0.717) is 12.2 Å². The van der Waals surface area contributed by atoms with Crippen molar-refractivity contribution in [1.82, 2.24) is 9.97 Å². The van der Waals surface area contributed by atoms with Crippen LogP contribution in [0.25, 0.3) is 0 Å². The standard InChI is InChI=1S/C11H13N5OS/c1-16(5-8-6-18-7-14-8)9-2-3-10(13-4-9)11(12)15-17/h2-4,6-7,17H,5H2,1H3,(H2,12,15). The summed E-state index contributed by atoms with van der Waals surface area (Å²) in [6.07, 6.45) is 1.68. The molecule has 0 aliphatic carbocycles. The van der Waals surface area contributed by atoms with E-state index in [1.165, 1.54) is 0 Å². The Morgan fingerprint density at radius 2 is 2.33 bits per heavy atom.